The first kappa shape index (κ1) is 20.5. The van der Waals surface area contributed by atoms with Gasteiger partial charge in [0.05, 0.1) is 30.2 Å². The predicted molar refractivity (Wildman–Crippen MR) is 109 cm³/mol. The molecule has 0 fully saturated rings. The monoisotopic (exact) mass is 518 g/mol. The predicted octanol–water partition coefficient (Wildman–Crippen LogP) is 7.96. The molecule has 1 aliphatic rings. The van der Waals surface area contributed by atoms with Crippen molar-refractivity contribution in [3.63, 3.8) is 0 Å². The number of rotatable bonds is 0. The van der Waals surface area contributed by atoms with Crippen molar-refractivity contribution in [2.75, 3.05) is 0 Å². The van der Waals surface area contributed by atoms with Gasteiger partial charge in [0, 0.05) is 21.9 Å². The zero-order valence-corrected chi connectivity index (χ0v) is 18.2. The number of aromatic hydroxyl groups is 1. The van der Waals surface area contributed by atoms with Crippen molar-refractivity contribution in [3.05, 3.63) is 41.3 Å². The highest BCUT2D eigenvalue weighted by atomic mass is 35.5. The number of hydrogen-bond donors (Lipinski definition) is 2. The van der Waals surface area contributed by atoms with Crippen LogP contribution in [0.5, 0.6) is 5.75 Å². The lowest BCUT2D eigenvalue weighted by Gasteiger charge is -2.35. The van der Waals surface area contributed by atoms with Crippen LogP contribution >= 0.6 is 104 Å². The van der Waals surface area contributed by atoms with Gasteiger partial charge in [-0.1, -0.05) is 92.8 Å². The summed E-state index contributed by atoms with van der Waals surface area (Å²) in [7, 11) is 0. The highest BCUT2D eigenvalue weighted by Crippen LogP contribution is 2.59. The van der Waals surface area contributed by atoms with Gasteiger partial charge in [-0.2, -0.15) is 0 Å². The van der Waals surface area contributed by atoms with E-state index in [1.165, 1.54) is 0 Å². The Bertz CT molecular complexity index is 981. The fourth-order valence-corrected chi connectivity index (χ4v) is 5.31. The first-order chi connectivity index (χ1) is 11.4. The highest BCUT2D eigenvalue weighted by molar-refractivity contribution is 6.61. The Morgan fingerprint density at radius 1 is 0.760 bits per heavy atom. The second kappa shape index (κ2) is 6.70. The van der Waals surface area contributed by atoms with Gasteiger partial charge in [0.15, 0.2) is 10.8 Å². The first-order valence-electron chi connectivity index (χ1n) is 6.25. The molecule has 0 spiro atoms. The summed E-state index contributed by atoms with van der Waals surface area (Å²) in [5.41, 5.74) is -0.0632. The molecule has 134 valence electrons. The van der Waals surface area contributed by atoms with Gasteiger partial charge in [-0.25, -0.2) is 0 Å². The molecule has 0 saturated heterocycles. The minimum Gasteiger partial charge on any atom is -0.505 e. The average Bonchev–Trinajstić information content (AvgIpc) is 2.56. The molecule has 25 heavy (non-hydrogen) atoms. The van der Waals surface area contributed by atoms with E-state index >= 15 is 0 Å². The molecule has 0 saturated carbocycles. The van der Waals surface area contributed by atoms with Crippen LogP contribution in [0, 0.1) is 0 Å². The van der Waals surface area contributed by atoms with Crippen LogP contribution in [0.25, 0.3) is 15.8 Å². The maximum absolute atomic E-state index is 10.7. The van der Waals surface area contributed by atoms with Crippen LogP contribution < -0.4 is 0 Å². The van der Waals surface area contributed by atoms with Gasteiger partial charge in [0.2, 0.25) is 0 Å². The fourth-order valence-electron chi connectivity index (χ4n) is 2.62. The molecule has 2 aromatic carbocycles. The van der Waals surface area contributed by atoms with Gasteiger partial charge in [-0.15, -0.1) is 11.6 Å². The molecular weight excluding hydrogens is 519 g/mol. The molecule has 2 aromatic rings. The molecule has 0 radical (unpaired) electrons. The van der Waals surface area contributed by atoms with Crippen LogP contribution in [0.3, 0.4) is 0 Å². The maximum Gasteiger partial charge on any atom is 0.188 e. The third-order valence-corrected chi connectivity index (χ3v) is 7.89. The van der Waals surface area contributed by atoms with Crippen molar-refractivity contribution >= 4 is 120 Å². The number of aliphatic hydroxyl groups is 1. The number of alkyl halides is 2. The van der Waals surface area contributed by atoms with Crippen molar-refractivity contribution in [2.45, 2.75) is 10.4 Å². The summed E-state index contributed by atoms with van der Waals surface area (Å²) in [4.78, 5) is 0. The van der Waals surface area contributed by atoms with Crippen molar-refractivity contribution in [3.8, 4) is 5.75 Å². The molecule has 11 heteroatoms. The lowest BCUT2D eigenvalue weighted by atomic mass is 9.88. The molecule has 0 heterocycles. The average molecular weight is 522 g/mol. The quantitative estimate of drug-likeness (QED) is 0.272. The van der Waals surface area contributed by atoms with Crippen LogP contribution in [-0.4, -0.2) is 15.6 Å². The zero-order chi connectivity index (χ0) is 19.0. The van der Waals surface area contributed by atoms with Gasteiger partial charge in [-0.05, 0) is 0 Å². The minimum atomic E-state index is -2.24. The largest absolute Gasteiger partial charge is 0.505 e. The maximum atomic E-state index is 10.7. The van der Waals surface area contributed by atoms with Crippen LogP contribution in [-0.2, 0) is 5.06 Å². The Balaban J connectivity index is 2.73. The topological polar surface area (TPSA) is 40.5 Å². The minimum absolute atomic E-state index is 0.0457. The number of phenols is 1. The van der Waals surface area contributed by atoms with E-state index in [0.717, 1.165) is 0 Å². The number of fused-ring (bicyclic) bond motifs is 3. The second-order valence-corrected chi connectivity index (χ2v) is 8.80. The molecule has 2 N–H and O–H groups in total. The fraction of sp³-hybridized carbons (Fsp3) is 0.143. The van der Waals surface area contributed by atoms with Crippen LogP contribution in [0.1, 0.15) is 11.1 Å². The van der Waals surface area contributed by atoms with E-state index in [1.807, 2.05) is 0 Å². The first-order valence-corrected chi connectivity index (χ1v) is 9.71. The molecule has 2 atom stereocenters. The Hall–Kier alpha value is 0.810. The molecular formula is C14H3Cl9O2. The summed E-state index contributed by atoms with van der Waals surface area (Å²) in [6.45, 7) is 0. The third-order valence-electron chi connectivity index (χ3n) is 3.77. The van der Waals surface area contributed by atoms with E-state index in [0.29, 0.717) is 0 Å². The molecule has 0 aliphatic heterocycles. The molecule has 0 amide bonds. The lowest BCUT2D eigenvalue weighted by molar-refractivity contribution is 0.133. The van der Waals surface area contributed by atoms with E-state index in [-0.39, 0.29) is 57.1 Å². The molecule has 0 aromatic heterocycles. The molecule has 3 rings (SSSR count). The number of phenolic OH excluding ortho intramolecular Hbond substituents is 1. The summed E-state index contributed by atoms with van der Waals surface area (Å²) >= 11 is 55.7. The number of hydrogen-bond acceptors (Lipinski definition) is 2. The Morgan fingerprint density at radius 2 is 1.28 bits per heavy atom. The van der Waals surface area contributed by atoms with Gasteiger partial charge in [0.1, 0.15) is 10.4 Å². The molecule has 0 bridgehead atoms. The van der Waals surface area contributed by atoms with Crippen molar-refractivity contribution in [2.24, 2.45) is 0 Å². The van der Waals surface area contributed by atoms with E-state index in [4.69, 9.17) is 104 Å². The molecule has 2 unspecified atom stereocenters. The van der Waals surface area contributed by atoms with Gasteiger partial charge in [-0.3, -0.25) is 0 Å². The zero-order valence-electron chi connectivity index (χ0n) is 11.4. The lowest BCUT2D eigenvalue weighted by Crippen LogP contribution is -2.35. The van der Waals surface area contributed by atoms with Gasteiger partial charge < -0.3 is 10.2 Å². The summed E-state index contributed by atoms with van der Waals surface area (Å²) in [5.74, 6) is -0.506. The van der Waals surface area contributed by atoms with Crippen LogP contribution in [0.15, 0.2) is 5.03 Å². The summed E-state index contributed by atoms with van der Waals surface area (Å²) in [6.07, 6.45) is 0. The normalized spacial score (nSPS) is 23.4. The smallest absolute Gasteiger partial charge is 0.188 e. The van der Waals surface area contributed by atoms with Crippen LogP contribution in [0.2, 0.25) is 25.1 Å². The standard InChI is InChI=1S/C14H3Cl9O2/c15-5-2-1-3(7(17)10(20)12(24)8(1)18)6(16)9(19)4(2)14(23,25)13(22)11(5)21/h13,24-25H. The summed E-state index contributed by atoms with van der Waals surface area (Å²) in [5, 5.41) is 16.4. The van der Waals surface area contributed by atoms with E-state index in [1.54, 1.807) is 0 Å². The van der Waals surface area contributed by atoms with E-state index in [9.17, 15) is 10.2 Å². The van der Waals surface area contributed by atoms with Crippen LogP contribution in [0.4, 0.5) is 0 Å². The second-order valence-electron chi connectivity index (χ2n) is 5.12. The van der Waals surface area contributed by atoms with Gasteiger partial charge in [0.25, 0.3) is 0 Å². The van der Waals surface area contributed by atoms with Crippen molar-refractivity contribution in [1.82, 2.24) is 0 Å². The molecule has 2 nitrogen and oxygen atoms in total. The SMILES string of the molecule is Oc1c(Cl)c(Cl)c2c(Cl)c(Cl)c3c(c2c1Cl)C(Cl)=C(Cl)C(Cl)C3(O)Cl. The van der Waals surface area contributed by atoms with Gasteiger partial charge >= 0.3 is 0 Å². The van der Waals surface area contributed by atoms with Crippen molar-refractivity contribution < 1.29 is 10.2 Å². The van der Waals surface area contributed by atoms with E-state index < -0.39 is 16.2 Å². The Kier molecular flexibility index (Phi) is 5.51. The third kappa shape index (κ3) is 2.73. The summed E-state index contributed by atoms with van der Waals surface area (Å²) in [6, 6.07) is 0. The van der Waals surface area contributed by atoms with Crippen molar-refractivity contribution in [1.29, 1.82) is 0 Å². The number of halogens is 9. The summed E-state index contributed by atoms with van der Waals surface area (Å²) < 4.78 is 0. The molecule has 1 aliphatic carbocycles. The Labute approximate surface area is 186 Å². The van der Waals surface area contributed by atoms with E-state index in [2.05, 4.69) is 0 Å². The Morgan fingerprint density at radius 3 is 1.84 bits per heavy atom. The highest BCUT2D eigenvalue weighted by Gasteiger charge is 2.47. The number of benzene rings is 2.